The van der Waals surface area contributed by atoms with Gasteiger partial charge in [0.15, 0.2) is 0 Å². The van der Waals surface area contributed by atoms with Crippen molar-refractivity contribution in [1.82, 2.24) is 4.98 Å². The van der Waals surface area contributed by atoms with Gasteiger partial charge in [0.05, 0.1) is 12.3 Å². The Morgan fingerprint density at radius 1 is 1.38 bits per heavy atom. The maximum absolute atomic E-state index is 11.5. The Kier molecular flexibility index (Phi) is 3.24. The van der Waals surface area contributed by atoms with Crippen LogP contribution in [-0.4, -0.2) is 22.7 Å². The van der Waals surface area contributed by atoms with E-state index in [4.69, 9.17) is 4.74 Å². The summed E-state index contributed by atoms with van der Waals surface area (Å²) in [6, 6.07) is 5.94. The summed E-state index contributed by atoms with van der Waals surface area (Å²) in [5.74, 6) is 0.0120. The predicted octanol–water partition coefficient (Wildman–Crippen LogP) is 3.74. The van der Waals surface area contributed by atoms with Gasteiger partial charge in [0, 0.05) is 17.4 Å². The lowest BCUT2D eigenvalue weighted by molar-refractivity contribution is 0.0699. The topological polar surface area (TPSA) is 59.4 Å². The summed E-state index contributed by atoms with van der Waals surface area (Å²) in [5.41, 5.74) is 2.48. The van der Waals surface area contributed by atoms with Gasteiger partial charge in [-0.25, -0.2) is 9.78 Å². The van der Waals surface area contributed by atoms with Gasteiger partial charge in [0.25, 0.3) is 0 Å². The molecule has 0 bridgehead atoms. The molecular weight excluding hydrogens is 286 g/mol. The first-order valence-corrected chi connectivity index (χ1v) is 7.68. The number of hydrogen-bond acceptors (Lipinski definition) is 4. The average Bonchev–Trinajstić information content (AvgIpc) is 3.03. The molecule has 5 heteroatoms. The Morgan fingerprint density at radius 3 is 2.76 bits per heavy atom. The van der Waals surface area contributed by atoms with E-state index in [1.807, 2.05) is 32.9 Å². The minimum atomic E-state index is -0.909. The number of fused-ring (bicyclic) bond motifs is 1. The summed E-state index contributed by atoms with van der Waals surface area (Å²) in [4.78, 5) is 16.4. The molecule has 110 valence electrons. The number of ether oxygens (including phenoxy) is 1. The van der Waals surface area contributed by atoms with E-state index in [0.717, 1.165) is 28.3 Å². The van der Waals surface area contributed by atoms with Gasteiger partial charge in [-0.15, -0.1) is 11.3 Å². The standard InChI is InChI=1S/C16H17NO3S/c1-16(2,3)13-12(15(18)19)21-14(17-13)10-4-5-11-9(8-10)6-7-20-11/h4-5,8H,6-7H2,1-3H3,(H,18,19). The van der Waals surface area contributed by atoms with Crippen molar-refractivity contribution in [3.63, 3.8) is 0 Å². The highest BCUT2D eigenvalue weighted by atomic mass is 32.1. The smallest absolute Gasteiger partial charge is 0.347 e. The lowest BCUT2D eigenvalue weighted by Crippen LogP contribution is -2.16. The number of carboxylic acid groups (broad SMARTS) is 1. The van der Waals surface area contributed by atoms with Gasteiger partial charge in [-0.2, -0.15) is 0 Å². The summed E-state index contributed by atoms with van der Waals surface area (Å²) in [7, 11) is 0. The van der Waals surface area contributed by atoms with E-state index in [9.17, 15) is 9.90 Å². The van der Waals surface area contributed by atoms with Gasteiger partial charge in [-0.05, 0) is 23.8 Å². The van der Waals surface area contributed by atoms with Crippen LogP contribution in [0, 0.1) is 0 Å². The number of benzene rings is 1. The Labute approximate surface area is 127 Å². The van der Waals surface area contributed by atoms with Crippen molar-refractivity contribution < 1.29 is 14.6 Å². The highest BCUT2D eigenvalue weighted by molar-refractivity contribution is 7.17. The zero-order chi connectivity index (χ0) is 15.2. The van der Waals surface area contributed by atoms with Gasteiger partial charge in [0.2, 0.25) is 0 Å². The van der Waals surface area contributed by atoms with Crippen LogP contribution in [-0.2, 0) is 11.8 Å². The summed E-state index contributed by atoms with van der Waals surface area (Å²) in [6.07, 6.45) is 0.895. The molecule has 2 aromatic rings. The molecule has 0 amide bonds. The number of thiazole rings is 1. The number of hydrogen-bond donors (Lipinski definition) is 1. The molecule has 0 aliphatic carbocycles. The fraction of sp³-hybridized carbons (Fsp3) is 0.375. The average molecular weight is 303 g/mol. The van der Waals surface area contributed by atoms with Gasteiger partial charge in [0.1, 0.15) is 15.6 Å². The maximum atomic E-state index is 11.5. The monoisotopic (exact) mass is 303 g/mol. The Bertz CT molecular complexity index is 713. The molecule has 0 atom stereocenters. The summed E-state index contributed by atoms with van der Waals surface area (Å²) in [6.45, 7) is 6.66. The van der Waals surface area contributed by atoms with Crippen molar-refractivity contribution in [2.45, 2.75) is 32.6 Å². The van der Waals surface area contributed by atoms with Gasteiger partial charge >= 0.3 is 5.97 Å². The number of aromatic carboxylic acids is 1. The largest absolute Gasteiger partial charge is 0.493 e. The lowest BCUT2D eigenvalue weighted by atomic mass is 9.91. The second-order valence-electron chi connectivity index (χ2n) is 6.17. The van der Waals surface area contributed by atoms with E-state index >= 15 is 0 Å². The second kappa shape index (κ2) is 4.84. The van der Waals surface area contributed by atoms with Crippen molar-refractivity contribution in [3.8, 4) is 16.3 Å². The molecule has 1 aromatic carbocycles. The Morgan fingerprint density at radius 2 is 2.14 bits per heavy atom. The van der Waals surface area contributed by atoms with Crippen molar-refractivity contribution >= 4 is 17.3 Å². The van der Waals surface area contributed by atoms with Crippen LogP contribution in [0.1, 0.15) is 41.7 Å². The fourth-order valence-corrected chi connectivity index (χ4v) is 3.53. The fourth-order valence-electron chi connectivity index (χ4n) is 2.42. The SMILES string of the molecule is CC(C)(C)c1nc(-c2ccc3c(c2)CCO3)sc1C(=O)O. The Balaban J connectivity index is 2.09. The summed E-state index contributed by atoms with van der Waals surface area (Å²) < 4.78 is 5.50. The molecule has 1 aliphatic rings. The first-order chi connectivity index (χ1) is 9.86. The zero-order valence-electron chi connectivity index (χ0n) is 12.3. The van der Waals surface area contributed by atoms with Crippen LogP contribution in [0.25, 0.3) is 10.6 Å². The quantitative estimate of drug-likeness (QED) is 0.918. The highest BCUT2D eigenvalue weighted by Gasteiger charge is 2.27. The molecule has 21 heavy (non-hydrogen) atoms. The molecule has 3 rings (SSSR count). The van der Waals surface area contributed by atoms with Crippen LogP contribution >= 0.6 is 11.3 Å². The van der Waals surface area contributed by atoms with Crippen molar-refractivity contribution in [1.29, 1.82) is 0 Å². The van der Waals surface area contributed by atoms with Gasteiger partial charge < -0.3 is 9.84 Å². The number of rotatable bonds is 2. The summed E-state index contributed by atoms with van der Waals surface area (Å²) in [5, 5.41) is 10.2. The zero-order valence-corrected chi connectivity index (χ0v) is 13.1. The third kappa shape index (κ3) is 2.53. The molecule has 1 N–H and O–H groups in total. The molecular formula is C16H17NO3S. The number of carbonyl (C=O) groups is 1. The van der Waals surface area contributed by atoms with Crippen LogP contribution in [0.15, 0.2) is 18.2 Å². The molecule has 0 saturated heterocycles. The Hall–Kier alpha value is -1.88. The first kappa shape index (κ1) is 14.1. The third-order valence-electron chi connectivity index (χ3n) is 3.47. The van der Waals surface area contributed by atoms with Gasteiger partial charge in [-0.3, -0.25) is 0 Å². The third-order valence-corrected chi connectivity index (χ3v) is 4.56. The molecule has 1 aliphatic heterocycles. The second-order valence-corrected chi connectivity index (χ2v) is 7.17. The molecule has 0 saturated carbocycles. The molecule has 0 fully saturated rings. The molecule has 1 aromatic heterocycles. The highest BCUT2D eigenvalue weighted by Crippen LogP contribution is 2.36. The number of carboxylic acids is 1. The van der Waals surface area contributed by atoms with E-state index in [1.165, 1.54) is 11.3 Å². The van der Waals surface area contributed by atoms with E-state index in [1.54, 1.807) is 0 Å². The van der Waals surface area contributed by atoms with Crippen molar-refractivity contribution in [2.24, 2.45) is 0 Å². The van der Waals surface area contributed by atoms with Gasteiger partial charge in [-0.1, -0.05) is 20.8 Å². The minimum Gasteiger partial charge on any atom is -0.493 e. The van der Waals surface area contributed by atoms with Crippen molar-refractivity contribution in [2.75, 3.05) is 6.61 Å². The van der Waals surface area contributed by atoms with E-state index < -0.39 is 5.97 Å². The molecule has 0 radical (unpaired) electrons. The van der Waals surface area contributed by atoms with Crippen LogP contribution in [0.5, 0.6) is 5.75 Å². The van der Waals surface area contributed by atoms with E-state index in [2.05, 4.69) is 11.1 Å². The normalized spacial score (nSPS) is 13.9. The maximum Gasteiger partial charge on any atom is 0.347 e. The van der Waals surface area contributed by atoms with Crippen LogP contribution in [0.4, 0.5) is 0 Å². The molecule has 4 nitrogen and oxygen atoms in total. The number of nitrogens with zero attached hydrogens (tertiary/aromatic N) is 1. The first-order valence-electron chi connectivity index (χ1n) is 6.87. The lowest BCUT2D eigenvalue weighted by Gasteiger charge is -2.16. The minimum absolute atomic E-state index is 0.289. The molecule has 0 spiro atoms. The van der Waals surface area contributed by atoms with Crippen LogP contribution < -0.4 is 4.74 Å². The van der Waals surface area contributed by atoms with E-state index in [-0.39, 0.29) is 5.41 Å². The number of aromatic nitrogens is 1. The van der Waals surface area contributed by atoms with E-state index in [0.29, 0.717) is 17.2 Å². The molecule has 2 heterocycles. The van der Waals surface area contributed by atoms with Crippen LogP contribution in [0.3, 0.4) is 0 Å². The molecule has 0 unspecified atom stereocenters. The predicted molar refractivity (Wildman–Crippen MR) is 82.4 cm³/mol. The van der Waals surface area contributed by atoms with Crippen molar-refractivity contribution in [3.05, 3.63) is 34.3 Å². The van der Waals surface area contributed by atoms with Crippen LogP contribution in [0.2, 0.25) is 0 Å². The summed E-state index contributed by atoms with van der Waals surface area (Å²) >= 11 is 1.24.